The first-order valence-electron chi connectivity index (χ1n) is 8.96. The molecule has 2 saturated heterocycles. The number of fused-ring (bicyclic) bond motifs is 1. The van der Waals surface area contributed by atoms with Gasteiger partial charge in [0, 0.05) is 12.6 Å². The van der Waals surface area contributed by atoms with Gasteiger partial charge in [-0.25, -0.2) is 4.39 Å². The fourth-order valence-corrected chi connectivity index (χ4v) is 4.28. The number of esters is 1. The minimum absolute atomic E-state index is 0.171. The van der Waals surface area contributed by atoms with Crippen LogP contribution in [0.15, 0.2) is 24.3 Å². The Labute approximate surface area is 151 Å². The Hall–Kier alpha value is -2.28. The van der Waals surface area contributed by atoms with E-state index in [1.807, 2.05) is 0 Å². The molecule has 0 spiro atoms. The molecule has 0 saturated carbocycles. The van der Waals surface area contributed by atoms with E-state index in [0.29, 0.717) is 5.56 Å². The molecule has 2 fully saturated rings. The van der Waals surface area contributed by atoms with Crippen LogP contribution >= 0.6 is 0 Å². The molecule has 1 N–H and O–H groups in total. The third-order valence-corrected chi connectivity index (χ3v) is 5.47. The number of likely N-dealkylation sites (tertiary alicyclic amines) is 1. The summed E-state index contributed by atoms with van der Waals surface area (Å²) in [6.45, 7) is 5.60. The largest absolute Gasteiger partial charge is 0.465 e. The van der Waals surface area contributed by atoms with Gasteiger partial charge in [-0.2, -0.15) is 0 Å². The lowest BCUT2D eigenvalue weighted by Crippen LogP contribution is -2.56. The van der Waals surface area contributed by atoms with Gasteiger partial charge >= 0.3 is 5.97 Å². The average Bonchev–Trinajstić information content (AvgIpc) is 3.10. The van der Waals surface area contributed by atoms with Crippen LogP contribution in [0.25, 0.3) is 0 Å². The second kappa shape index (κ2) is 6.79. The summed E-state index contributed by atoms with van der Waals surface area (Å²) in [7, 11) is 0. The van der Waals surface area contributed by atoms with Gasteiger partial charge in [0.2, 0.25) is 11.8 Å². The molecule has 0 bridgehead atoms. The van der Waals surface area contributed by atoms with Crippen LogP contribution in [0, 0.1) is 17.7 Å². The lowest BCUT2D eigenvalue weighted by atomic mass is 9.78. The molecule has 6 nitrogen and oxygen atoms in total. The van der Waals surface area contributed by atoms with Gasteiger partial charge in [0.25, 0.3) is 0 Å². The van der Waals surface area contributed by atoms with Crippen molar-refractivity contribution in [3.8, 4) is 0 Å². The van der Waals surface area contributed by atoms with Crippen LogP contribution in [0.5, 0.6) is 0 Å². The highest BCUT2D eigenvalue weighted by Crippen LogP contribution is 2.50. The van der Waals surface area contributed by atoms with Crippen molar-refractivity contribution in [1.82, 2.24) is 10.2 Å². The summed E-state index contributed by atoms with van der Waals surface area (Å²) in [6, 6.07) is 5.26. The second-order valence-corrected chi connectivity index (χ2v) is 6.65. The lowest BCUT2D eigenvalue weighted by Gasteiger charge is -2.31. The number of hydrogen-bond donors (Lipinski definition) is 1. The number of halogens is 1. The molecule has 0 unspecified atom stereocenters. The van der Waals surface area contributed by atoms with Gasteiger partial charge in [0.1, 0.15) is 11.4 Å². The Kier molecular flexibility index (Phi) is 4.84. The predicted molar refractivity (Wildman–Crippen MR) is 91.3 cm³/mol. The van der Waals surface area contributed by atoms with E-state index >= 15 is 0 Å². The Bertz CT molecular complexity index is 753. The van der Waals surface area contributed by atoms with E-state index in [9.17, 15) is 18.8 Å². The Morgan fingerprint density at radius 3 is 2.58 bits per heavy atom. The van der Waals surface area contributed by atoms with Crippen LogP contribution in [-0.4, -0.2) is 41.4 Å². The highest BCUT2D eigenvalue weighted by molar-refractivity contribution is 6.09. The summed E-state index contributed by atoms with van der Waals surface area (Å²) < 4.78 is 19.0. The maximum absolute atomic E-state index is 13.8. The molecule has 2 amide bonds. The van der Waals surface area contributed by atoms with Crippen molar-refractivity contribution in [1.29, 1.82) is 0 Å². The smallest absolute Gasteiger partial charge is 0.327 e. The van der Waals surface area contributed by atoms with Gasteiger partial charge in [-0.1, -0.05) is 19.1 Å². The SMILES string of the molecule is CCOC(=O)[C@]1(CC)N[C@H](c2cccc(F)c2)[C@@H]2C(=O)N(CC)C(=O)[C@@H]21. The standard InChI is InChI=1S/C19H23FN2O4/c1-4-19(18(25)26-6-3)14-13(16(23)22(5-2)17(14)24)15(21-19)11-8-7-9-12(20)10-11/h7-10,13-15,21H,4-6H2,1-3H3/t13-,14-,15-,19-/m1/s1. The maximum Gasteiger partial charge on any atom is 0.327 e. The third-order valence-electron chi connectivity index (χ3n) is 5.47. The minimum atomic E-state index is -1.30. The number of rotatable bonds is 5. The molecule has 1 aromatic rings. The second-order valence-electron chi connectivity index (χ2n) is 6.65. The zero-order chi connectivity index (χ0) is 19.1. The summed E-state index contributed by atoms with van der Waals surface area (Å²) in [5.74, 6) is -3.29. The lowest BCUT2D eigenvalue weighted by molar-refractivity contribution is -0.156. The van der Waals surface area contributed by atoms with Gasteiger partial charge < -0.3 is 4.74 Å². The molecule has 0 radical (unpaired) electrons. The molecule has 3 rings (SSSR count). The number of ether oxygens (including phenoxy) is 1. The minimum Gasteiger partial charge on any atom is -0.465 e. The number of amides is 2. The average molecular weight is 362 g/mol. The maximum atomic E-state index is 13.8. The molecule has 0 aromatic heterocycles. The van der Waals surface area contributed by atoms with Crippen molar-refractivity contribution in [2.75, 3.05) is 13.2 Å². The third kappa shape index (κ3) is 2.53. The van der Waals surface area contributed by atoms with Crippen LogP contribution in [0.2, 0.25) is 0 Å². The number of nitrogens with zero attached hydrogens (tertiary/aromatic N) is 1. The van der Waals surface area contributed by atoms with Crippen LogP contribution in [0.3, 0.4) is 0 Å². The van der Waals surface area contributed by atoms with Gasteiger partial charge in [-0.3, -0.25) is 24.6 Å². The van der Waals surface area contributed by atoms with Crippen molar-refractivity contribution in [2.45, 2.75) is 38.8 Å². The first-order valence-corrected chi connectivity index (χ1v) is 8.96. The summed E-state index contributed by atoms with van der Waals surface area (Å²) >= 11 is 0. The van der Waals surface area contributed by atoms with Crippen LogP contribution in [-0.2, 0) is 19.1 Å². The number of carbonyl (C=O) groups is 3. The predicted octanol–water partition coefficient (Wildman–Crippen LogP) is 1.80. The number of benzene rings is 1. The van der Waals surface area contributed by atoms with E-state index in [4.69, 9.17) is 4.74 Å². The van der Waals surface area contributed by atoms with Crippen molar-refractivity contribution < 1.29 is 23.5 Å². The van der Waals surface area contributed by atoms with Crippen molar-refractivity contribution in [2.24, 2.45) is 11.8 Å². The molecule has 2 heterocycles. The normalized spacial score (nSPS) is 30.6. The van der Waals surface area contributed by atoms with Gasteiger partial charge in [0.15, 0.2) is 0 Å². The molecule has 140 valence electrons. The zero-order valence-electron chi connectivity index (χ0n) is 15.1. The van der Waals surface area contributed by atoms with E-state index in [1.165, 1.54) is 17.0 Å². The fourth-order valence-electron chi connectivity index (χ4n) is 4.28. The Morgan fingerprint density at radius 2 is 2.00 bits per heavy atom. The van der Waals surface area contributed by atoms with Crippen molar-refractivity contribution in [3.05, 3.63) is 35.6 Å². The van der Waals surface area contributed by atoms with Crippen molar-refractivity contribution >= 4 is 17.8 Å². The fraction of sp³-hybridized carbons (Fsp3) is 0.526. The van der Waals surface area contributed by atoms with Crippen LogP contribution in [0.4, 0.5) is 4.39 Å². The Morgan fingerprint density at radius 1 is 1.27 bits per heavy atom. The summed E-state index contributed by atoms with van der Waals surface area (Å²) in [4.78, 5) is 39.8. The first-order chi connectivity index (χ1) is 12.4. The van der Waals surface area contributed by atoms with Gasteiger partial charge in [-0.05, 0) is 38.0 Å². The Balaban J connectivity index is 2.13. The quantitative estimate of drug-likeness (QED) is 0.639. The molecular formula is C19H23FN2O4. The van der Waals surface area contributed by atoms with Gasteiger partial charge in [0.05, 0.1) is 18.4 Å². The number of imide groups is 1. The molecule has 26 heavy (non-hydrogen) atoms. The van der Waals surface area contributed by atoms with E-state index in [1.54, 1.807) is 32.9 Å². The summed E-state index contributed by atoms with van der Waals surface area (Å²) in [6.07, 6.45) is 0.287. The van der Waals surface area contributed by atoms with E-state index in [0.717, 1.165) is 0 Å². The molecular weight excluding hydrogens is 339 g/mol. The zero-order valence-corrected chi connectivity index (χ0v) is 15.1. The molecule has 7 heteroatoms. The molecule has 0 aliphatic carbocycles. The van der Waals surface area contributed by atoms with Crippen molar-refractivity contribution in [3.63, 3.8) is 0 Å². The number of hydrogen-bond acceptors (Lipinski definition) is 5. The van der Waals surface area contributed by atoms with Crippen LogP contribution in [0.1, 0.15) is 38.8 Å². The highest BCUT2D eigenvalue weighted by Gasteiger charge is 2.67. The topological polar surface area (TPSA) is 75.7 Å². The molecule has 2 aliphatic rings. The van der Waals surface area contributed by atoms with E-state index in [-0.39, 0.29) is 31.4 Å². The number of nitrogens with one attached hydrogen (secondary N) is 1. The summed E-state index contributed by atoms with van der Waals surface area (Å²) in [5, 5.41) is 3.18. The summed E-state index contributed by atoms with van der Waals surface area (Å²) in [5.41, 5.74) is -0.757. The number of carbonyl (C=O) groups excluding carboxylic acids is 3. The van der Waals surface area contributed by atoms with E-state index < -0.39 is 35.2 Å². The monoisotopic (exact) mass is 362 g/mol. The first kappa shape index (κ1) is 18.5. The van der Waals surface area contributed by atoms with Gasteiger partial charge in [-0.15, -0.1) is 0 Å². The molecule has 2 aliphatic heterocycles. The molecule has 4 atom stereocenters. The highest BCUT2D eigenvalue weighted by atomic mass is 19.1. The molecule has 1 aromatic carbocycles. The van der Waals surface area contributed by atoms with E-state index in [2.05, 4.69) is 5.32 Å². The van der Waals surface area contributed by atoms with Crippen LogP contribution < -0.4 is 5.32 Å².